The smallest absolute Gasteiger partial charge is 0.250 e. The maximum atomic E-state index is 14.3. The van der Waals surface area contributed by atoms with Crippen molar-refractivity contribution in [2.24, 2.45) is 5.92 Å². The number of rotatable bonds is 4. The van der Waals surface area contributed by atoms with E-state index in [9.17, 15) is 14.0 Å². The molecule has 3 aliphatic rings. The van der Waals surface area contributed by atoms with Crippen LogP contribution < -0.4 is 19.5 Å². The number of carbonyl (C=O) groups excluding carboxylic acids is 2. The molecule has 3 aliphatic heterocycles. The lowest BCUT2D eigenvalue weighted by atomic mass is 9.70. The van der Waals surface area contributed by atoms with E-state index in [2.05, 4.69) is 5.32 Å². The van der Waals surface area contributed by atoms with E-state index in [4.69, 9.17) is 14.2 Å². The number of nitrogens with zero attached hydrogens (tertiary/aromatic N) is 1. The number of ketones is 1. The molecule has 0 aliphatic carbocycles. The van der Waals surface area contributed by atoms with E-state index >= 15 is 0 Å². The largest absolute Gasteiger partial charge is 0.497 e. The highest BCUT2D eigenvalue weighted by molar-refractivity contribution is 6.12. The van der Waals surface area contributed by atoms with Crippen LogP contribution in [0, 0.1) is 11.7 Å². The van der Waals surface area contributed by atoms with Gasteiger partial charge in [0.2, 0.25) is 12.7 Å². The first-order chi connectivity index (χ1) is 16.9. The summed E-state index contributed by atoms with van der Waals surface area (Å²) >= 11 is 0. The molecule has 1 N–H and O–H groups in total. The van der Waals surface area contributed by atoms with Gasteiger partial charge in [-0.05, 0) is 61.1 Å². The molecule has 0 radical (unpaired) electrons. The second-order valence-electron chi connectivity index (χ2n) is 9.08. The van der Waals surface area contributed by atoms with Gasteiger partial charge in [-0.25, -0.2) is 4.39 Å². The molecule has 6 rings (SSSR count). The Kier molecular flexibility index (Phi) is 4.82. The standard InChI is InChI=1S/C27H23FN2O5/c1-30-13-19(15-3-6-17(28)7-4-15)24(25(31)16-5-10-22-23(11-16)35-14-34-22)27(30)20-12-18(33-2)8-9-21(20)29-26(27)32/h3-12,19,24H,13-14H2,1-2H3,(H,29,32)/t19-,24-,27-/m1/s1. The zero-order chi connectivity index (χ0) is 24.3. The molecule has 0 aromatic heterocycles. The molecule has 7 nitrogen and oxygen atoms in total. The van der Waals surface area contributed by atoms with Crippen molar-refractivity contribution in [3.05, 3.63) is 83.2 Å². The van der Waals surface area contributed by atoms with Gasteiger partial charge in [0.05, 0.1) is 13.0 Å². The molecule has 1 spiro atoms. The number of hydrogen-bond acceptors (Lipinski definition) is 6. The number of nitrogens with one attached hydrogen (secondary N) is 1. The zero-order valence-electron chi connectivity index (χ0n) is 19.2. The Balaban J connectivity index is 1.55. The van der Waals surface area contributed by atoms with Gasteiger partial charge >= 0.3 is 0 Å². The zero-order valence-corrected chi connectivity index (χ0v) is 19.2. The van der Waals surface area contributed by atoms with Gasteiger partial charge in [-0.2, -0.15) is 0 Å². The fraction of sp³-hybridized carbons (Fsp3) is 0.259. The maximum Gasteiger partial charge on any atom is 0.250 e. The van der Waals surface area contributed by atoms with Crippen LogP contribution in [-0.4, -0.2) is 44.1 Å². The molecule has 1 amide bonds. The molecule has 0 unspecified atom stereocenters. The van der Waals surface area contributed by atoms with Gasteiger partial charge in [-0.1, -0.05) is 12.1 Å². The van der Waals surface area contributed by atoms with Crippen LogP contribution in [0.4, 0.5) is 10.1 Å². The quantitative estimate of drug-likeness (QED) is 0.578. The summed E-state index contributed by atoms with van der Waals surface area (Å²) in [7, 11) is 3.41. The van der Waals surface area contributed by atoms with Crippen molar-refractivity contribution in [1.29, 1.82) is 0 Å². The molecule has 3 heterocycles. The number of ether oxygens (including phenoxy) is 3. The third kappa shape index (κ3) is 3.06. The Labute approximate surface area is 201 Å². The van der Waals surface area contributed by atoms with Crippen molar-refractivity contribution >= 4 is 17.4 Å². The minimum Gasteiger partial charge on any atom is -0.497 e. The maximum absolute atomic E-state index is 14.3. The summed E-state index contributed by atoms with van der Waals surface area (Å²) < 4.78 is 30.1. The average Bonchev–Trinajstić information content (AvgIpc) is 3.54. The lowest BCUT2D eigenvalue weighted by molar-refractivity contribution is -0.126. The fourth-order valence-corrected chi connectivity index (χ4v) is 5.79. The summed E-state index contributed by atoms with van der Waals surface area (Å²) in [5.41, 5.74) is 1.28. The van der Waals surface area contributed by atoms with Crippen molar-refractivity contribution < 1.29 is 28.2 Å². The molecule has 178 valence electrons. The number of likely N-dealkylation sites (tertiary alicyclic amines) is 1. The molecule has 3 aromatic carbocycles. The first-order valence-electron chi connectivity index (χ1n) is 11.3. The van der Waals surface area contributed by atoms with E-state index in [0.29, 0.717) is 40.6 Å². The molecule has 3 aromatic rings. The van der Waals surface area contributed by atoms with Crippen LogP contribution in [-0.2, 0) is 10.3 Å². The lowest BCUT2D eigenvalue weighted by Crippen LogP contribution is -2.51. The Morgan fingerprint density at radius 2 is 1.86 bits per heavy atom. The van der Waals surface area contributed by atoms with Crippen LogP contribution in [0.25, 0.3) is 0 Å². The van der Waals surface area contributed by atoms with E-state index in [1.54, 1.807) is 49.6 Å². The number of hydrogen-bond donors (Lipinski definition) is 1. The summed E-state index contributed by atoms with van der Waals surface area (Å²) in [6, 6.07) is 16.6. The molecular formula is C27H23FN2O5. The van der Waals surface area contributed by atoms with E-state index in [1.807, 2.05) is 18.0 Å². The second kappa shape index (κ2) is 7.81. The van der Waals surface area contributed by atoms with Crippen LogP contribution >= 0.6 is 0 Å². The highest BCUT2D eigenvalue weighted by Crippen LogP contribution is 2.56. The normalized spacial score (nSPS) is 24.5. The average molecular weight is 474 g/mol. The number of Topliss-reactive ketones (excluding diaryl/α,β-unsaturated/α-hetero) is 1. The minimum absolute atomic E-state index is 0.0941. The van der Waals surface area contributed by atoms with Crippen molar-refractivity contribution in [3.63, 3.8) is 0 Å². The Morgan fingerprint density at radius 1 is 1.09 bits per heavy atom. The number of carbonyl (C=O) groups is 2. The summed E-state index contributed by atoms with van der Waals surface area (Å²) in [5.74, 6) is -0.321. The summed E-state index contributed by atoms with van der Waals surface area (Å²) in [5, 5.41) is 2.98. The SMILES string of the molecule is COc1ccc2c(c1)[C@]1(C(=O)N2)[C@@H](C(=O)c2ccc3c(c2)OCO3)[C@@H](c2ccc(F)cc2)CN1C. The van der Waals surface area contributed by atoms with E-state index in [0.717, 1.165) is 5.56 Å². The number of fused-ring (bicyclic) bond motifs is 3. The number of halogens is 1. The first-order valence-corrected chi connectivity index (χ1v) is 11.3. The van der Waals surface area contributed by atoms with E-state index < -0.39 is 11.5 Å². The minimum atomic E-state index is -1.27. The summed E-state index contributed by atoms with van der Waals surface area (Å²) in [4.78, 5) is 30.0. The number of benzene rings is 3. The number of amides is 1. The molecule has 8 heteroatoms. The summed E-state index contributed by atoms with van der Waals surface area (Å²) in [6.07, 6.45) is 0. The number of likely N-dealkylation sites (N-methyl/N-ethyl adjacent to an activating group) is 1. The number of methoxy groups -OCH3 is 1. The second-order valence-corrected chi connectivity index (χ2v) is 9.08. The van der Waals surface area contributed by atoms with Crippen LogP contribution in [0.2, 0.25) is 0 Å². The van der Waals surface area contributed by atoms with E-state index in [-0.39, 0.29) is 30.2 Å². The molecular weight excluding hydrogens is 451 g/mol. The predicted octanol–water partition coefficient (Wildman–Crippen LogP) is 3.94. The molecule has 1 fully saturated rings. The molecule has 35 heavy (non-hydrogen) atoms. The van der Waals surface area contributed by atoms with Gasteiger partial charge < -0.3 is 19.5 Å². The summed E-state index contributed by atoms with van der Waals surface area (Å²) in [6.45, 7) is 0.521. The lowest BCUT2D eigenvalue weighted by Gasteiger charge is -2.35. The van der Waals surface area contributed by atoms with Gasteiger partial charge in [-0.3, -0.25) is 14.5 Å². The van der Waals surface area contributed by atoms with Crippen molar-refractivity contribution in [2.75, 3.05) is 32.8 Å². The van der Waals surface area contributed by atoms with Gasteiger partial charge in [-0.15, -0.1) is 0 Å². The first kappa shape index (κ1) is 21.6. The topological polar surface area (TPSA) is 77.1 Å². The molecule has 0 bridgehead atoms. The molecule has 1 saturated heterocycles. The number of anilines is 1. The Morgan fingerprint density at radius 3 is 2.63 bits per heavy atom. The monoisotopic (exact) mass is 474 g/mol. The van der Waals surface area contributed by atoms with Gasteiger partial charge in [0.15, 0.2) is 17.3 Å². The Hall–Kier alpha value is -3.91. The van der Waals surface area contributed by atoms with Crippen LogP contribution in [0.1, 0.15) is 27.4 Å². The highest BCUT2D eigenvalue weighted by atomic mass is 19.1. The highest BCUT2D eigenvalue weighted by Gasteiger charge is 2.64. The van der Waals surface area contributed by atoms with Gasteiger partial charge in [0.25, 0.3) is 0 Å². The predicted molar refractivity (Wildman–Crippen MR) is 125 cm³/mol. The third-order valence-electron chi connectivity index (χ3n) is 7.39. The van der Waals surface area contributed by atoms with Crippen molar-refractivity contribution in [2.45, 2.75) is 11.5 Å². The van der Waals surface area contributed by atoms with Crippen LogP contribution in [0.3, 0.4) is 0 Å². The van der Waals surface area contributed by atoms with Crippen LogP contribution in [0.5, 0.6) is 17.2 Å². The Bertz CT molecular complexity index is 1360. The van der Waals surface area contributed by atoms with Crippen molar-refractivity contribution in [1.82, 2.24) is 4.90 Å². The van der Waals surface area contributed by atoms with Crippen LogP contribution in [0.15, 0.2) is 60.7 Å². The van der Waals surface area contributed by atoms with Crippen molar-refractivity contribution in [3.8, 4) is 17.2 Å². The van der Waals surface area contributed by atoms with E-state index in [1.165, 1.54) is 12.1 Å². The van der Waals surface area contributed by atoms with Gasteiger partial charge in [0, 0.05) is 29.3 Å². The molecule has 0 saturated carbocycles. The third-order valence-corrected chi connectivity index (χ3v) is 7.39. The van der Waals surface area contributed by atoms with Gasteiger partial charge in [0.1, 0.15) is 17.1 Å². The molecule has 3 atom stereocenters. The fourth-order valence-electron chi connectivity index (χ4n) is 5.79.